The zero-order valence-electron chi connectivity index (χ0n) is 12.9. The van der Waals surface area contributed by atoms with Gasteiger partial charge in [0.15, 0.2) is 11.2 Å². The van der Waals surface area contributed by atoms with Gasteiger partial charge in [0.25, 0.3) is 5.91 Å². The molecule has 0 radical (unpaired) electrons. The predicted molar refractivity (Wildman–Crippen MR) is 76.3 cm³/mol. The van der Waals surface area contributed by atoms with Crippen molar-refractivity contribution in [1.29, 1.82) is 0 Å². The Hall–Kier alpha value is -2.85. The van der Waals surface area contributed by atoms with Crippen LogP contribution >= 0.6 is 0 Å². The minimum atomic E-state index is -5.01. The van der Waals surface area contributed by atoms with Gasteiger partial charge >= 0.3 is 17.8 Å². The van der Waals surface area contributed by atoms with Crippen LogP contribution < -0.4 is 4.74 Å². The molecule has 1 atom stereocenters. The maximum absolute atomic E-state index is 13.2. The summed E-state index contributed by atoms with van der Waals surface area (Å²) in [6.07, 6.45) is -5.78. The lowest BCUT2D eigenvalue weighted by atomic mass is 9.86. The van der Waals surface area contributed by atoms with Crippen LogP contribution in [0.4, 0.5) is 18.9 Å². The van der Waals surface area contributed by atoms with Crippen molar-refractivity contribution in [2.75, 3.05) is 20.2 Å². The second-order valence-electron chi connectivity index (χ2n) is 5.51. The topological polar surface area (TPSA) is 110 Å². The number of methoxy groups -OCH3 is 1. The third-order valence-electron chi connectivity index (χ3n) is 4.13. The highest BCUT2D eigenvalue weighted by Crippen LogP contribution is 2.46. The molecule has 1 aliphatic heterocycles. The van der Waals surface area contributed by atoms with Gasteiger partial charge < -0.3 is 14.7 Å². The summed E-state index contributed by atoms with van der Waals surface area (Å²) in [5.41, 5.74) is -3.56. The Morgan fingerprint density at radius 1 is 1.40 bits per heavy atom. The van der Waals surface area contributed by atoms with Gasteiger partial charge in [-0.3, -0.25) is 19.7 Å². The monoisotopic (exact) mass is 362 g/mol. The molecule has 136 valence electrons. The summed E-state index contributed by atoms with van der Waals surface area (Å²) in [5.74, 6) is -3.13. The lowest BCUT2D eigenvalue weighted by Gasteiger charge is -2.27. The van der Waals surface area contributed by atoms with Gasteiger partial charge in [0, 0.05) is 30.8 Å². The SMILES string of the molecule is COc1cc(C(=O)N2CCC(C(=O)O)(C(F)(F)F)C2)ccc1[N+](=O)[O-]. The van der Waals surface area contributed by atoms with Gasteiger partial charge in [0.2, 0.25) is 0 Å². The van der Waals surface area contributed by atoms with Gasteiger partial charge in [-0.25, -0.2) is 0 Å². The Labute approximate surface area is 138 Å². The fourth-order valence-corrected chi connectivity index (χ4v) is 2.65. The molecule has 1 aromatic rings. The number of carbonyl (C=O) groups excluding carboxylic acids is 1. The number of benzene rings is 1. The van der Waals surface area contributed by atoms with Gasteiger partial charge in [-0.2, -0.15) is 13.2 Å². The van der Waals surface area contributed by atoms with Crippen molar-refractivity contribution in [1.82, 2.24) is 4.90 Å². The quantitative estimate of drug-likeness (QED) is 0.649. The van der Waals surface area contributed by atoms with Crippen molar-refractivity contribution in [2.45, 2.75) is 12.6 Å². The molecule has 0 aliphatic carbocycles. The summed E-state index contributed by atoms with van der Waals surface area (Å²) in [6.45, 7) is -1.42. The summed E-state index contributed by atoms with van der Waals surface area (Å²) >= 11 is 0. The summed E-state index contributed by atoms with van der Waals surface area (Å²) in [7, 11) is 1.14. The zero-order chi connectivity index (χ0) is 19.0. The summed E-state index contributed by atoms with van der Waals surface area (Å²) in [5, 5.41) is 19.8. The molecule has 1 fully saturated rings. The van der Waals surface area contributed by atoms with Crippen LogP contribution in [-0.4, -0.2) is 53.2 Å². The van der Waals surface area contributed by atoms with E-state index >= 15 is 0 Å². The van der Waals surface area contributed by atoms with Crippen LogP contribution in [-0.2, 0) is 4.79 Å². The highest BCUT2D eigenvalue weighted by molar-refractivity contribution is 5.96. The normalized spacial score (nSPS) is 20.4. The van der Waals surface area contributed by atoms with E-state index in [9.17, 15) is 32.9 Å². The molecule has 1 N–H and O–H groups in total. The average Bonchev–Trinajstić information content (AvgIpc) is 3.00. The number of carbonyl (C=O) groups is 2. The van der Waals surface area contributed by atoms with Crippen LogP contribution in [0.1, 0.15) is 16.8 Å². The van der Waals surface area contributed by atoms with Gasteiger partial charge in [0.05, 0.1) is 12.0 Å². The molecular weight excluding hydrogens is 349 g/mol. The Kier molecular flexibility index (Phi) is 4.60. The van der Waals surface area contributed by atoms with Gasteiger partial charge in [-0.15, -0.1) is 0 Å². The van der Waals surface area contributed by atoms with E-state index in [1.54, 1.807) is 0 Å². The number of carboxylic acid groups (broad SMARTS) is 1. The van der Waals surface area contributed by atoms with Gasteiger partial charge in [-0.05, 0) is 12.5 Å². The molecule has 0 aromatic heterocycles. The maximum Gasteiger partial charge on any atom is 0.406 e. The largest absolute Gasteiger partial charge is 0.490 e. The second-order valence-corrected chi connectivity index (χ2v) is 5.51. The Morgan fingerprint density at radius 3 is 2.48 bits per heavy atom. The number of aliphatic carboxylic acids is 1. The Morgan fingerprint density at radius 2 is 2.04 bits per heavy atom. The lowest BCUT2D eigenvalue weighted by Crippen LogP contribution is -2.47. The number of hydrogen-bond donors (Lipinski definition) is 1. The van der Waals surface area contributed by atoms with Crippen LogP contribution in [0.5, 0.6) is 5.75 Å². The molecule has 1 aromatic carbocycles. The maximum atomic E-state index is 13.2. The number of nitro benzene ring substituents is 1. The van der Waals surface area contributed by atoms with E-state index < -0.39 is 53.6 Å². The number of likely N-dealkylation sites (tertiary alicyclic amines) is 1. The van der Waals surface area contributed by atoms with Crippen LogP contribution in [0, 0.1) is 15.5 Å². The molecule has 1 unspecified atom stereocenters. The number of rotatable bonds is 4. The smallest absolute Gasteiger partial charge is 0.406 e. The number of ether oxygens (including phenoxy) is 1. The molecule has 25 heavy (non-hydrogen) atoms. The van der Waals surface area contributed by atoms with E-state index in [1.165, 1.54) is 0 Å². The minimum Gasteiger partial charge on any atom is -0.490 e. The molecule has 11 heteroatoms. The molecule has 0 spiro atoms. The van der Waals surface area contributed by atoms with E-state index in [-0.39, 0.29) is 11.3 Å². The van der Waals surface area contributed by atoms with E-state index in [4.69, 9.17) is 9.84 Å². The van der Waals surface area contributed by atoms with E-state index in [0.717, 1.165) is 30.2 Å². The van der Waals surface area contributed by atoms with Gasteiger partial charge in [0.1, 0.15) is 0 Å². The highest BCUT2D eigenvalue weighted by Gasteiger charge is 2.64. The zero-order valence-corrected chi connectivity index (χ0v) is 12.9. The summed E-state index contributed by atoms with van der Waals surface area (Å²) < 4.78 is 44.3. The average molecular weight is 362 g/mol. The molecular formula is C14H13F3N2O6. The predicted octanol–water partition coefficient (Wildman–Crippen LogP) is 2.08. The Balaban J connectivity index is 2.31. The van der Waals surface area contributed by atoms with Crippen molar-refractivity contribution in [2.24, 2.45) is 5.41 Å². The molecule has 0 bridgehead atoms. The summed E-state index contributed by atoms with van der Waals surface area (Å²) in [6, 6.07) is 3.11. The third kappa shape index (κ3) is 3.08. The van der Waals surface area contributed by atoms with Crippen LogP contribution in [0.25, 0.3) is 0 Å². The first-order valence-electron chi connectivity index (χ1n) is 6.95. The standard InChI is InChI=1S/C14H13F3N2O6/c1-25-10-6-8(2-3-9(10)19(23)24)11(20)18-5-4-13(7-18,12(21)22)14(15,16)17/h2-3,6H,4-5,7H2,1H3,(H,21,22). The molecule has 2 rings (SSSR count). The van der Waals surface area contributed by atoms with Crippen molar-refractivity contribution < 1.29 is 37.5 Å². The van der Waals surface area contributed by atoms with Crippen LogP contribution in [0.15, 0.2) is 18.2 Å². The minimum absolute atomic E-state index is 0.134. The van der Waals surface area contributed by atoms with Crippen molar-refractivity contribution in [3.8, 4) is 5.75 Å². The number of hydrogen-bond acceptors (Lipinski definition) is 5. The van der Waals surface area contributed by atoms with E-state index in [2.05, 4.69) is 0 Å². The lowest BCUT2D eigenvalue weighted by molar-refractivity contribution is -0.385. The molecule has 0 saturated carbocycles. The first kappa shape index (κ1) is 18.5. The second kappa shape index (κ2) is 6.22. The first-order chi connectivity index (χ1) is 11.5. The fraction of sp³-hybridized carbons (Fsp3) is 0.429. The third-order valence-corrected chi connectivity index (χ3v) is 4.13. The highest BCUT2D eigenvalue weighted by atomic mass is 19.4. The van der Waals surface area contributed by atoms with Gasteiger partial charge in [-0.1, -0.05) is 0 Å². The number of amides is 1. The van der Waals surface area contributed by atoms with E-state index in [0.29, 0.717) is 0 Å². The Bertz CT molecular complexity index is 736. The molecule has 1 aliphatic rings. The van der Waals surface area contributed by atoms with Crippen LogP contribution in [0.2, 0.25) is 0 Å². The first-order valence-corrected chi connectivity index (χ1v) is 6.95. The number of carboxylic acids is 1. The van der Waals surface area contributed by atoms with E-state index in [1.807, 2.05) is 0 Å². The molecule has 8 nitrogen and oxygen atoms in total. The van der Waals surface area contributed by atoms with Crippen molar-refractivity contribution in [3.05, 3.63) is 33.9 Å². The number of halogens is 3. The van der Waals surface area contributed by atoms with Crippen molar-refractivity contribution >= 4 is 17.6 Å². The molecule has 1 heterocycles. The van der Waals surface area contributed by atoms with Crippen molar-refractivity contribution in [3.63, 3.8) is 0 Å². The molecule has 1 saturated heterocycles. The molecule has 1 amide bonds. The van der Waals surface area contributed by atoms with Crippen LogP contribution in [0.3, 0.4) is 0 Å². The summed E-state index contributed by atoms with van der Waals surface area (Å²) in [4.78, 5) is 34.4. The number of nitro groups is 1. The number of nitrogens with zero attached hydrogens (tertiary/aromatic N) is 2. The number of alkyl halides is 3. The fourth-order valence-electron chi connectivity index (χ4n) is 2.65.